The maximum Gasteiger partial charge on any atom is 0.251 e. The van der Waals surface area contributed by atoms with Gasteiger partial charge in [-0.15, -0.1) is 11.3 Å². The van der Waals surface area contributed by atoms with Crippen LogP contribution in [0.5, 0.6) is 5.75 Å². The molecule has 6 nitrogen and oxygen atoms in total. The van der Waals surface area contributed by atoms with Crippen LogP contribution in [0.2, 0.25) is 0 Å². The Morgan fingerprint density at radius 2 is 1.94 bits per heavy atom. The van der Waals surface area contributed by atoms with Crippen LogP contribution < -0.4 is 10.1 Å². The average molecular weight is 445 g/mol. The maximum atomic E-state index is 12.7. The van der Waals surface area contributed by atoms with Crippen molar-refractivity contribution in [1.29, 1.82) is 0 Å². The summed E-state index contributed by atoms with van der Waals surface area (Å²) in [6.07, 6.45) is 3.16. The van der Waals surface area contributed by atoms with Crippen LogP contribution in [0, 0.1) is 6.92 Å². The summed E-state index contributed by atoms with van der Waals surface area (Å²) in [4.78, 5) is 17.1. The fourth-order valence-electron chi connectivity index (χ4n) is 4.04. The van der Waals surface area contributed by atoms with Gasteiger partial charge in [-0.05, 0) is 68.1 Å². The van der Waals surface area contributed by atoms with E-state index in [-0.39, 0.29) is 5.91 Å². The summed E-state index contributed by atoms with van der Waals surface area (Å²) in [7, 11) is 0. The van der Waals surface area contributed by atoms with Crippen molar-refractivity contribution in [2.75, 3.05) is 0 Å². The number of hydrogen-bond acceptors (Lipinski definition) is 5. The zero-order chi connectivity index (χ0) is 21.9. The lowest BCUT2D eigenvalue weighted by atomic mass is 10.2. The number of para-hydroxylation sites is 1. The van der Waals surface area contributed by atoms with Crippen molar-refractivity contribution in [3.05, 3.63) is 93.2 Å². The van der Waals surface area contributed by atoms with E-state index in [0.29, 0.717) is 24.5 Å². The summed E-state index contributed by atoms with van der Waals surface area (Å²) in [5.41, 5.74) is 6.06. The molecule has 0 aliphatic heterocycles. The number of rotatable bonds is 7. The second-order valence-electron chi connectivity index (χ2n) is 7.83. The quantitative estimate of drug-likeness (QED) is 0.451. The number of aromatic nitrogens is 3. The van der Waals surface area contributed by atoms with Crippen LogP contribution in [-0.4, -0.2) is 20.7 Å². The van der Waals surface area contributed by atoms with Crippen LogP contribution >= 0.6 is 11.3 Å². The van der Waals surface area contributed by atoms with Gasteiger partial charge in [0, 0.05) is 16.6 Å². The number of benzene rings is 2. The first-order valence-corrected chi connectivity index (χ1v) is 11.6. The third-order valence-corrected chi connectivity index (χ3v) is 6.42. The van der Waals surface area contributed by atoms with E-state index < -0.39 is 0 Å². The zero-order valence-electron chi connectivity index (χ0n) is 17.9. The molecule has 1 aliphatic carbocycles. The second-order valence-corrected chi connectivity index (χ2v) is 8.89. The van der Waals surface area contributed by atoms with Gasteiger partial charge >= 0.3 is 0 Å². The number of carbonyl (C=O) groups excluding carboxylic acids is 1. The molecule has 0 unspecified atom stereocenters. The Kier molecular flexibility index (Phi) is 5.73. The van der Waals surface area contributed by atoms with E-state index in [2.05, 4.69) is 22.4 Å². The lowest BCUT2D eigenvalue weighted by Gasteiger charge is -2.07. The van der Waals surface area contributed by atoms with Gasteiger partial charge < -0.3 is 10.1 Å². The van der Waals surface area contributed by atoms with E-state index in [4.69, 9.17) is 9.84 Å². The average Bonchev–Trinajstić information content (AvgIpc) is 3.54. The van der Waals surface area contributed by atoms with Crippen LogP contribution in [-0.2, 0) is 26.0 Å². The molecule has 7 heteroatoms. The number of nitrogens with zero attached hydrogens (tertiary/aromatic N) is 3. The number of fused-ring (bicyclic) bond motifs is 1. The van der Waals surface area contributed by atoms with Gasteiger partial charge in [-0.2, -0.15) is 5.10 Å². The maximum absolute atomic E-state index is 12.7. The van der Waals surface area contributed by atoms with Gasteiger partial charge in [0.15, 0.2) is 0 Å². The number of nitrogens with one attached hydrogen (secondary N) is 1. The van der Waals surface area contributed by atoms with Crippen LogP contribution in [0.3, 0.4) is 0 Å². The molecule has 4 aromatic rings. The molecule has 162 valence electrons. The minimum absolute atomic E-state index is 0.118. The summed E-state index contributed by atoms with van der Waals surface area (Å²) < 4.78 is 7.79. The molecular weight excluding hydrogens is 420 g/mol. The van der Waals surface area contributed by atoms with Gasteiger partial charge in [0.1, 0.15) is 12.4 Å². The van der Waals surface area contributed by atoms with Crippen LogP contribution in [0.25, 0.3) is 5.69 Å². The van der Waals surface area contributed by atoms with Crippen molar-refractivity contribution in [2.45, 2.75) is 39.3 Å². The predicted molar refractivity (Wildman–Crippen MR) is 124 cm³/mol. The number of aryl methyl sites for hydroxylation is 1. The lowest BCUT2D eigenvalue weighted by Crippen LogP contribution is -2.23. The van der Waals surface area contributed by atoms with E-state index in [1.807, 2.05) is 47.3 Å². The summed E-state index contributed by atoms with van der Waals surface area (Å²) in [6.45, 7) is 2.81. The third kappa shape index (κ3) is 4.29. The molecule has 5 rings (SSSR count). The summed E-state index contributed by atoms with van der Waals surface area (Å²) >= 11 is 1.61. The smallest absolute Gasteiger partial charge is 0.251 e. The number of carbonyl (C=O) groups is 1. The third-order valence-electron chi connectivity index (χ3n) is 5.60. The van der Waals surface area contributed by atoms with Crippen molar-refractivity contribution >= 4 is 17.2 Å². The highest BCUT2D eigenvalue weighted by Gasteiger charge is 2.23. The second kappa shape index (κ2) is 8.96. The minimum atomic E-state index is -0.118. The zero-order valence-corrected chi connectivity index (χ0v) is 18.7. The predicted octanol–water partition coefficient (Wildman–Crippen LogP) is 4.63. The van der Waals surface area contributed by atoms with Gasteiger partial charge in [0.2, 0.25) is 0 Å². The molecule has 1 amide bonds. The molecule has 2 heterocycles. The standard InChI is InChI=1S/C25H24N4O2S/c1-17-27-19(16-32-17)15-31-21-12-10-18(11-13-21)25(30)26-14-23-22-8-5-9-24(22)29(28-23)20-6-3-2-4-7-20/h2-4,6-7,10-13,16H,5,8-9,14-15H2,1H3,(H,26,30). The van der Waals surface area contributed by atoms with Crippen LogP contribution in [0.1, 0.15) is 44.4 Å². The largest absolute Gasteiger partial charge is 0.487 e. The van der Waals surface area contributed by atoms with E-state index in [0.717, 1.165) is 41.3 Å². The van der Waals surface area contributed by atoms with E-state index in [1.165, 1.54) is 11.3 Å². The van der Waals surface area contributed by atoms with Crippen molar-refractivity contribution in [3.8, 4) is 11.4 Å². The molecule has 1 N–H and O–H groups in total. The Hall–Kier alpha value is -3.45. The van der Waals surface area contributed by atoms with E-state index in [1.54, 1.807) is 23.5 Å². The molecule has 2 aromatic carbocycles. The first-order valence-electron chi connectivity index (χ1n) is 10.7. The number of hydrogen-bond donors (Lipinski definition) is 1. The molecule has 0 bridgehead atoms. The normalized spacial score (nSPS) is 12.5. The topological polar surface area (TPSA) is 69.0 Å². The summed E-state index contributed by atoms with van der Waals surface area (Å²) in [5.74, 6) is 0.597. The highest BCUT2D eigenvalue weighted by Crippen LogP contribution is 2.27. The van der Waals surface area contributed by atoms with Crippen molar-refractivity contribution in [3.63, 3.8) is 0 Å². The van der Waals surface area contributed by atoms with Crippen LogP contribution in [0.4, 0.5) is 0 Å². The molecule has 32 heavy (non-hydrogen) atoms. The summed E-state index contributed by atoms with van der Waals surface area (Å²) in [5, 5.41) is 10.9. The fourth-order valence-corrected chi connectivity index (χ4v) is 4.64. The SMILES string of the molecule is Cc1nc(COc2ccc(C(=O)NCc3nn(-c4ccccc4)c4c3CCC4)cc2)cs1. The lowest BCUT2D eigenvalue weighted by molar-refractivity contribution is 0.0950. The molecule has 0 fully saturated rings. The monoisotopic (exact) mass is 444 g/mol. The number of thiazole rings is 1. The Morgan fingerprint density at radius 1 is 1.12 bits per heavy atom. The van der Waals surface area contributed by atoms with Gasteiger partial charge in [-0.1, -0.05) is 18.2 Å². The van der Waals surface area contributed by atoms with Gasteiger partial charge in [0.05, 0.1) is 28.6 Å². The first kappa shape index (κ1) is 20.5. The molecular formula is C25H24N4O2S. The van der Waals surface area contributed by atoms with Crippen LogP contribution in [0.15, 0.2) is 60.0 Å². The minimum Gasteiger partial charge on any atom is -0.487 e. The Bertz CT molecular complexity index is 1230. The van der Waals surface area contributed by atoms with Gasteiger partial charge in [0.25, 0.3) is 5.91 Å². The Labute approximate surface area is 190 Å². The highest BCUT2D eigenvalue weighted by atomic mass is 32.1. The van der Waals surface area contributed by atoms with Crippen molar-refractivity contribution in [2.24, 2.45) is 0 Å². The molecule has 0 atom stereocenters. The summed E-state index contributed by atoms with van der Waals surface area (Å²) in [6, 6.07) is 17.4. The van der Waals surface area contributed by atoms with Gasteiger partial charge in [-0.3, -0.25) is 4.79 Å². The van der Waals surface area contributed by atoms with Gasteiger partial charge in [-0.25, -0.2) is 9.67 Å². The molecule has 0 radical (unpaired) electrons. The molecule has 0 saturated carbocycles. The Balaban J connectivity index is 1.22. The van der Waals surface area contributed by atoms with Crippen molar-refractivity contribution < 1.29 is 9.53 Å². The van der Waals surface area contributed by atoms with E-state index in [9.17, 15) is 4.79 Å². The molecule has 0 spiro atoms. The number of ether oxygens (including phenoxy) is 1. The molecule has 0 saturated heterocycles. The van der Waals surface area contributed by atoms with Crippen molar-refractivity contribution in [1.82, 2.24) is 20.1 Å². The molecule has 1 aliphatic rings. The molecule has 2 aromatic heterocycles. The Morgan fingerprint density at radius 3 is 2.69 bits per heavy atom. The van der Waals surface area contributed by atoms with E-state index >= 15 is 0 Å². The fraction of sp³-hybridized carbons (Fsp3) is 0.240. The first-order chi connectivity index (χ1) is 15.7. The highest BCUT2D eigenvalue weighted by molar-refractivity contribution is 7.09. The number of amides is 1.